The van der Waals surface area contributed by atoms with E-state index in [9.17, 15) is 4.57 Å². The molecule has 0 saturated heterocycles. The van der Waals surface area contributed by atoms with E-state index in [1.54, 1.807) is 0 Å². The normalized spacial score (nSPS) is 16.8. The van der Waals surface area contributed by atoms with E-state index in [-0.39, 0.29) is 0 Å². The second-order valence-electron chi connectivity index (χ2n) is 8.25. The van der Waals surface area contributed by atoms with Crippen molar-refractivity contribution >= 4 is 28.5 Å². The maximum atomic E-state index is 13.8. The summed E-state index contributed by atoms with van der Waals surface area (Å²) in [5.41, 5.74) is 6.91. The van der Waals surface area contributed by atoms with Gasteiger partial charge < -0.3 is 4.57 Å². The van der Waals surface area contributed by atoms with E-state index in [1.165, 1.54) is 27.5 Å². The topological polar surface area (TPSA) is 17.1 Å². The van der Waals surface area contributed by atoms with Crippen LogP contribution in [0.5, 0.6) is 0 Å². The fourth-order valence-electron chi connectivity index (χ4n) is 4.91. The highest BCUT2D eigenvalue weighted by molar-refractivity contribution is 7.79. The van der Waals surface area contributed by atoms with Crippen molar-refractivity contribution in [1.29, 1.82) is 0 Å². The first-order valence-electron chi connectivity index (χ1n) is 10.5. The quantitative estimate of drug-likeness (QED) is 0.281. The smallest absolute Gasteiger partial charge is 0.141 e. The average Bonchev–Trinajstić information content (AvgIpc) is 3.05. The predicted octanol–water partition coefficient (Wildman–Crippen LogP) is 7.10. The summed E-state index contributed by atoms with van der Waals surface area (Å²) in [6, 6.07) is 38.1. The van der Waals surface area contributed by atoms with Crippen molar-refractivity contribution in [2.75, 3.05) is 6.66 Å². The molecule has 1 heterocycles. The molecular weight excluding hydrogens is 395 g/mol. The summed E-state index contributed by atoms with van der Waals surface area (Å²) in [6.45, 7) is 1.90. The Morgan fingerprint density at radius 2 is 1.23 bits per heavy atom. The zero-order valence-corrected chi connectivity index (χ0v) is 18.1. The molecule has 1 unspecified atom stereocenters. The maximum absolute atomic E-state index is 13.8. The van der Waals surface area contributed by atoms with E-state index in [1.807, 2.05) is 30.9 Å². The van der Waals surface area contributed by atoms with Gasteiger partial charge in [0.25, 0.3) is 0 Å². The lowest BCUT2D eigenvalue weighted by Gasteiger charge is -2.16. The second kappa shape index (κ2) is 6.80. The van der Waals surface area contributed by atoms with Gasteiger partial charge >= 0.3 is 0 Å². The standard InChI is InChI=1S/C29H21OP/c1-31(30)27-14-8-7-13-25(27)26-18-16-22(19-28(26)31)24-17-15-20-9-5-6-12-23(20)29(24)21-10-3-2-4-11-21/h2-19H,1H3. The fraction of sp³-hybridized carbons (Fsp3) is 0.0345. The van der Waals surface area contributed by atoms with Crippen LogP contribution in [0.4, 0.5) is 0 Å². The van der Waals surface area contributed by atoms with Gasteiger partial charge in [0.05, 0.1) is 0 Å². The Morgan fingerprint density at radius 3 is 2.10 bits per heavy atom. The molecule has 5 aromatic rings. The van der Waals surface area contributed by atoms with E-state index >= 15 is 0 Å². The predicted molar refractivity (Wildman–Crippen MR) is 133 cm³/mol. The third-order valence-electron chi connectivity index (χ3n) is 6.41. The van der Waals surface area contributed by atoms with E-state index in [4.69, 9.17) is 0 Å². The molecule has 1 atom stereocenters. The highest BCUT2D eigenvalue weighted by atomic mass is 31.2. The summed E-state index contributed by atoms with van der Waals surface area (Å²) in [7, 11) is -2.61. The fourth-order valence-corrected chi connectivity index (χ4v) is 7.24. The second-order valence-corrected chi connectivity index (χ2v) is 11.1. The number of fused-ring (bicyclic) bond motifs is 4. The maximum Gasteiger partial charge on any atom is 0.141 e. The number of hydrogen-bond acceptors (Lipinski definition) is 1. The lowest BCUT2D eigenvalue weighted by molar-refractivity contribution is 0.591. The molecule has 0 aliphatic carbocycles. The van der Waals surface area contributed by atoms with Crippen LogP contribution in [0.1, 0.15) is 0 Å². The first-order chi connectivity index (χ1) is 15.1. The van der Waals surface area contributed by atoms with Gasteiger partial charge in [-0.3, -0.25) is 0 Å². The minimum Gasteiger partial charge on any atom is -0.314 e. The van der Waals surface area contributed by atoms with Crippen molar-refractivity contribution in [2.45, 2.75) is 0 Å². The number of rotatable bonds is 2. The Bertz CT molecular complexity index is 1520. The van der Waals surface area contributed by atoms with Crippen LogP contribution in [0.2, 0.25) is 0 Å². The minimum atomic E-state index is -2.61. The molecule has 0 fully saturated rings. The van der Waals surface area contributed by atoms with Crippen LogP contribution in [-0.2, 0) is 4.57 Å². The SMILES string of the molecule is CP1(=O)c2ccccc2-c2ccc(-c3ccc4ccccc4c3-c3ccccc3)cc21. The first-order valence-corrected chi connectivity index (χ1v) is 12.7. The molecule has 1 aliphatic heterocycles. The zero-order valence-electron chi connectivity index (χ0n) is 17.2. The van der Waals surface area contributed by atoms with E-state index < -0.39 is 7.14 Å². The molecule has 2 heteroatoms. The average molecular weight is 416 g/mol. The molecule has 0 N–H and O–H groups in total. The van der Waals surface area contributed by atoms with E-state index in [2.05, 4.69) is 84.9 Å². The van der Waals surface area contributed by atoms with E-state index in [0.29, 0.717) is 0 Å². The summed E-state index contributed by atoms with van der Waals surface area (Å²) in [5.74, 6) is 0. The Labute approximate surface area is 182 Å². The van der Waals surface area contributed by atoms with Crippen LogP contribution in [-0.4, -0.2) is 6.66 Å². The Hall–Kier alpha value is -3.41. The molecule has 0 aromatic heterocycles. The summed E-state index contributed by atoms with van der Waals surface area (Å²) < 4.78 is 13.8. The molecule has 0 radical (unpaired) electrons. The van der Waals surface area contributed by atoms with Crippen LogP contribution < -0.4 is 10.6 Å². The largest absolute Gasteiger partial charge is 0.314 e. The van der Waals surface area contributed by atoms with Gasteiger partial charge in [0.1, 0.15) is 7.14 Å². The molecular formula is C29H21OP. The third-order valence-corrected chi connectivity index (χ3v) is 9.01. The van der Waals surface area contributed by atoms with Crippen LogP contribution in [0.15, 0.2) is 109 Å². The molecule has 31 heavy (non-hydrogen) atoms. The highest BCUT2D eigenvalue weighted by Crippen LogP contribution is 2.51. The van der Waals surface area contributed by atoms with Crippen molar-refractivity contribution in [3.63, 3.8) is 0 Å². The van der Waals surface area contributed by atoms with Crippen molar-refractivity contribution in [3.05, 3.63) is 109 Å². The van der Waals surface area contributed by atoms with Crippen molar-refractivity contribution in [3.8, 4) is 33.4 Å². The van der Waals surface area contributed by atoms with Gasteiger partial charge in [-0.1, -0.05) is 103 Å². The van der Waals surface area contributed by atoms with Gasteiger partial charge in [-0.25, -0.2) is 0 Å². The van der Waals surface area contributed by atoms with Gasteiger partial charge in [-0.15, -0.1) is 0 Å². The van der Waals surface area contributed by atoms with E-state index in [0.717, 1.165) is 27.3 Å². The Balaban J connectivity index is 1.63. The van der Waals surface area contributed by atoms with Crippen LogP contribution in [0.25, 0.3) is 44.2 Å². The number of hydrogen-bond donors (Lipinski definition) is 0. The minimum absolute atomic E-state index is 0.971. The Kier molecular flexibility index (Phi) is 4.03. The molecule has 0 saturated carbocycles. The van der Waals surface area contributed by atoms with Crippen molar-refractivity contribution in [2.24, 2.45) is 0 Å². The summed E-state index contributed by atoms with van der Waals surface area (Å²) in [5, 5.41) is 4.40. The van der Waals surface area contributed by atoms with Gasteiger partial charge in [-0.2, -0.15) is 0 Å². The van der Waals surface area contributed by atoms with Gasteiger partial charge in [0.15, 0.2) is 0 Å². The molecule has 6 rings (SSSR count). The molecule has 0 amide bonds. The summed E-state index contributed by atoms with van der Waals surface area (Å²) >= 11 is 0. The van der Waals surface area contributed by atoms with Gasteiger partial charge in [0.2, 0.25) is 0 Å². The molecule has 148 valence electrons. The van der Waals surface area contributed by atoms with Crippen LogP contribution in [0.3, 0.4) is 0 Å². The monoisotopic (exact) mass is 416 g/mol. The molecule has 5 aromatic carbocycles. The van der Waals surface area contributed by atoms with Gasteiger partial charge in [0, 0.05) is 10.6 Å². The number of benzene rings is 5. The third kappa shape index (κ3) is 2.74. The lowest BCUT2D eigenvalue weighted by atomic mass is 9.89. The van der Waals surface area contributed by atoms with Crippen molar-refractivity contribution in [1.82, 2.24) is 0 Å². The van der Waals surface area contributed by atoms with Crippen LogP contribution in [0, 0.1) is 0 Å². The summed E-state index contributed by atoms with van der Waals surface area (Å²) in [4.78, 5) is 0. The van der Waals surface area contributed by atoms with Crippen LogP contribution >= 0.6 is 7.14 Å². The van der Waals surface area contributed by atoms with Gasteiger partial charge in [-0.05, 0) is 56.9 Å². The Morgan fingerprint density at radius 1 is 0.548 bits per heavy atom. The molecule has 1 aliphatic rings. The molecule has 0 bridgehead atoms. The van der Waals surface area contributed by atoms with Crippen molar-refractivity contribution < 1.29 is 4.57 Å². The zero-order chi connectivity index (χ0) is 21.0. The molecule has 1 nitrogen and oxygen atoms in total. The molecule has 0 spiro atoms. The summed E-state index contributed by atoms with van der Waals surface area (Å²) in [6.07, 6.45) is 0. The lowest BCUT2D eigenvalue weighted by Crippen LogP contribution is -2.08. The highest BCUT2D eigenvalue weighted by Gasteiger charge is 2.34. The first kappa shape index (κ1) is 18.4.